The van der Waals surface area contributed by atoms with E-state index in [9.17, 15) is 24.4 Å². The number of aromatic amines is 1. The molecule has 42 heavy (non-hydrogen) atoms. The maximum absolute atomic E-state index is 14.1. The Bertz CT molecular complexity index is 1720. The molecule has 2 aromatic heterocycles. The molecule has 0 saturated carbocycles. The molecule has 0 bridgehead atoms. The Balaban J connectivity index is 1.42. The predicted octanol–water partition coefficient (Wildman–Crippen LogP) is 1.61. The van der Waals surface area contributed by atoms with E-state index in [0.29, 0.717) is 5.39 Å². The van der Waals surface area contributed by atoms with Gasteiger partial charge < -0.3 is 29.9 Å². The van der Waals surface area contributed by atoms with Gasteiger partial charge in [-0.2, -0.15) is 10.1 Å². The SMILES string of the molecule is CCOC(=O)[C@H](C)NP(=O)(OC[C@H]1O[C@@H](n2cnc3c(=O)[nH]c(N)nc32)[C@](C)(O)[C@@H]1O)Oc1cccc2ccccc12. The number of hydrogen-bond donors (Lipinski definition) is 5. The molecule has 0 aliphatic carbocycles. The summed E-state index contributed by atoms with van der Waals surface area (Å²) in [5.41, 5.74) is 3.12. The number of ether oxygens (including phenoxy) is 2. The quantitative estimate of drug-likeness (QED) is 0.129. The van der Waals surface area contributed by atoms with Crippen LogP contribution in [0.25, 0.3) is 21.9 Å². The summed E-state index contributed by atoms with van der Waals surface area (Å²) in [5.74, 6) is -0.645. The monoisotopic (exact) mass is 602 g/mol. The maximum Gasteiger partial charge on any atom is 0.459 e. The van der Waals surface area contributed by atoms with Crippen molar-refractivity contribution in [1.82, 2.24) is 24.6 Å². The van der Waals surface area contributed by atoms with Crippen LogP contribution in [0.15, 0.2) is 53.6 Å². The summed E-state index contributed by atoms with van der Waals surface area (Å²) in [6.07, 6.45) is -2.87. The lowest BCUT2D eigenvalue weighted by atomic mass is 9.96. The topological polar surface area (TPSA) is 213 Å². The van der Waals surface area contributed by atoms with E-state index in [1.807, 2.05) is 18.2 Å². The van der Waals surface area contributed by atoms with E-state index in [1.54, 1.807) is 31.2 Å². The van der Waals surface area contributed by atoms with Crippen molar-refractivity contribution in [3.63, 3.8) is 0 Å². The molecule has 5 rings (SSSR count). The molecule has 2 aromatic carbocycles. The third-order valence-corrected chi connectivity index (χ3v) is 8.46. The molecule has 1 fully saturated rings. The Morgan fingerprint density at radius 1 is 1.31 bits per heavy atom. The molecule has 0 spiro atoms. The minimum Gasteiger partial charge on any atom is -0.465 e. The minimum absolute atomic E-state index is 0.0187. The lowest BCUT2D eigenvalue weighted by Crippen LogP contribution is -2.44. The Kier molecular flexibility index (Phi) is 8.07. The van der Waals surface area contributed by atoms with Crippen LogP contribution in [0.2, 0.25) is 0 Å². The zero-order valence-corrected chi connectivity index (χ0v) is 23.9. The molecule has 6 N–H and O–H groups in total. The first-order chi connectivity index (χ1) is 19.9. The Morgan fingerprint density at radius 2 is 2.05 bits per heavy atom. The number of aliphatic hydroxyl groups excluding tert-OH is 1. The number of esters is 1. The van der Waals surface area contributed by atoms with Crippen LogP contribution in [0.1, 0.15) is 27.0 Å². The number of hydrogen-bond acceptors (Lipinski definition) is 12. The lowest BCUT2D eigenvalue weighted by molar-refractivity contribution is -0.144. The number of benzene rings is 2. The van der Waals surface area contributed by atoms with Crippen LogP contribution in [-0.4, -0.2) is 72.8 Å². The third kappa shape index (κ3) is 5.62. The van der Waals surface area contributed by atoms with Crippen LogP contribution in [0, 0.1) is 0 Å². The molecule has 0 radical (unpaired) electrons. The van der Waals surface area contributed by atoms with Crippen LogP contribution >= 0.6 is 7.75 Å². The van der Waals surface area contributed by atoms with Crippen molar-refractivity contribution in [3.05, 3.63) is 59.1 Å². The molecule has 3 heterocycles. The standard InChI is InChI=1S/C26H31N6O9P/c1-4-38-23(35)14(2)31-42(37,41-17-11-7-9-15-8-5-6-10-16(15)17)39-12-18-20(33)26(3,36)24(40-18)32-13-28-19-21(32)29-25(27)30-22(19)34/h5-11,13-14,18,20,24,33,36H,4,12H2,1-3H3,(H,31,37)(H3,27,29,30,34)/t14-,18+,20+,24+,26+,42?/m0/s1. The number of carbonyl (C=O) groups is 1. The normalized spacial score (nSPS) is 24.5. The van der Waals surface area contributed by atoms with Gasteiger partial charge in [0.1, 0.15) is 29.6 Å². The molecule has 4 aromatic rings. The van der Waals surface area contributed by atoms with E-state index in [4.69, 9.17) is 24.3 Å². The van der Waals surface area contributed by atoms with E-state index in [0.717, 1.165) is 5.39 Å². The van der Waals surface area contributed by atoms with Gasteiger partial charge in [-0.15, -0.1) is 0 Å². The molecule has 16 heteroatoms. The lowest BCUT2D eigenvalue weighted by Gasteiger charge is -2.27. The van der Waals surface area contributed by atoms with Gasteiger partial charge in [-0.1, -0.05) is 36.4 Å². The second kappa shape index (κ2) is 11.4. The van der Waals surface area contributed by atoms with Crippen molar-refractivity contribution in [2.45, 2.75) is 50.8 Å². The average Bonchev–Trinajstić information content (AvgIpc) is 3.45. The number of anilines is 1. The van der Waals surface area contributed by atoms with Crippen molar-refractivity contribution < 1.29 is 38.1 Å². The highest BCUT2D eigenvalue weighted by Gasteiger charge is 2.54. The van der Waals surface area contributed by atoms with Crippen molar-refractivity contribution in [3.8, 4) is 5.75 Å². The van der Waals surface area contributed by atoms with Gasteiger partial charge in [0.2, 0.25) is 5.95 Å². The molecule has 1 unspecified atom stereocenters. The van der Waals surface area contributed by atoms with E-state index in [2.05, 4.69) is 20.0 Å². The smallest absolute Gasteiger partial charge is 0.459 e. The summed E-state index contributed by atoms with van der Waals surface area (Å²) in [7, 11) is -4.35. The first kappa shape index (κ1) is 29.6. The number of nitrogens with two attached hydrogens (primary N) is 1. The van der Waals surface area contributed by atoms with Crippen molar-refractivity contribution in [1.29, 1.82) is 0 Å². The summed E-state index contributed by atoms with van der Waals surface area (Å²) in [6.45, 7) is 3.96. The number of nitrogen functional groups attached to an aromatic ring is 1. The highest BCUT2D eigenvalue weighted by molar-refractivity contribution is 7.52. The summed E-state index contributed by atoms with van der Waals surface area (Å²) >= 11 is 0. The maximum atomic E-state index is 14.1. The van der Waals surface area contributed by atoms with Gasteiger partial charge in [-0.05, 0) is 32.2 Å². The zero-order chi connectivity index (χ0) is 30.2. The Hall–Kier alpha value is -3.85. The van der Waals surface area contributed by atoms with E-state index >= 15 is 0 Å². The largest absolute Gasteiger partial charge is 0.465 e. The van der Waals surface area contributed by atoms with Crippen LogP contribution in [0.3, 0.4) is 0 Å². The fraction of sp³-hybridized carbons (Fsp3) is 0.385. The first-order valence-corrected chi connectivity index (χ1v) is 14.6. The molecule has 224 valence electrons. The number of rotatable bonds is 10. The number of fused-ring (bicyclic) bond motifs is 2. The molecule has 1 saturated heterocycles. The Morgan fingerprint density at radius 3 is 2.81 bits per heavy atom. The number of imidazole rings is 1. The van der Waals surface area contributed by atoms with Gasteiger partial charge in [0.05, 0.1) is 19.5 Å². The molecule has 1 aliphatic rings. The molecule has 0 amide bonds. The average molecular weight is 603 g/mol. The number of aliphatic hydroxyl groups is 2. The molecule has 6 atom stereocenters. The van der Waals surface area contributed by atoms with Crippen LogP contribution in [0.4, 0.5) is 5.95 Å². The minimum atomic E-state index is -4.35. The van der Waals surface area contributed by atoms with E-state index < -0.39 is 56.0 Å². The van der Waals surface area contributed by atoms with E-state index in [-0.39, 0.29) is 29.5 Å². The van der Waals surface area contributed by atoms with Gasteiger partial charge in [-0.25, -0.2) is 9.55 Å². The second-order valence-corrected chi connectivity index (χ2v) is 11.6. The van der Waals surface area contributed by atoms with Gasteiger partial charge in [0.15, 0.2) is 17.4 Å². The van der Waals surface area contributed by atoms with Crippen molar-refractivity contribution >= 4 is 41.6 Å². The molecule has 1 aliphatic heterocycles. The number of nitrogens with one attached hydrogen (secondary N) is 2. The number of aromatic nitrogens is 4. The zero-order valence-electron chi connectivity index (χ0n) is 23.0. The molecular formula is C26H31N6O9P. The summed E-state index contributed by atoms with van der Waals surface area (Å²) in [4.78, 5) is 35.0. The fourth-order valence-corrected chi connectivity index (χ4v) is 6.24. The molecular weight excluding hydrogens is 571 g/mol. The van der Waals surface area contributed by atoms with Crippen LogP contribution < -0.4 is 20.9 Å². The fourth-order valence-electron chi connectivity index (χ4n) is 4.72. The van der Waals surface area contributed by atoms with Crippen LogP contribution in [0.5, 0.6) is 5.75 Å². The van der Waals surface area contributed by atoms with Gasteiger partial charge in [0, 0.05) is 5.39 Å². The second-order valence-electron chi connectivity index (χ2n) is 9.94. The number of H-pyrrole nitrogens is 1. The van der Waals surface area contributed by atoms with Gasteiger partial charge in [-0.3, -0.25) is 23.7 Å². The number of nitrogens with zero attached hydrogens (tertiary/aromatic N) is 3. The summed E-state index contributed by atoms with van der Waals surface area (Å²) < 4.78 is 37.9. The van der Waals surface area contributed by atoms with Gasteiger partial charge in [0.25, 0.3) is 5.56 Å². The highest BCUT2D eigenvalue weighted by Crippen LogP contribution is 2.48. The van der Waals surface area contributed by atoms with Crippen molar-refractivity contribution in [2.75, 3.05) is 18.9 Å². The Labute approximate surface area is 239 Å². The first-order valence-electron chi connectivity index (χ1n) is 13.1. The summed E-state index contributed by atoms with van der Waals surface area (Å²) in [6, 6.07) is 11.3. The third-order valence-electron chi connectivity index (χ3n) is 6.83. The van der Waals surface area contributed by atoms with E-state index in [1.165, 1.54) is 24.7 Å². The summed E-state index contributed by atoms with van der Waals surface area (Å²) in [5, 5.41) is 26.3. The van der Waals surface area contributed by atoms with Crippen LogP contribution in [-0.2, 0) is 23.4 Å². The predicted molar refractivity (Wildman–Crippen MR) is 150 cm³/mol. The number of carbonyl (C=O) groups excluding carboxylic acids is 1. The highest BCUT2D eigenvalue weighted by atomic mass is 31.2. The van der Waals surface area contributed by atoms with Crippen molar-refractivity contribution in [2.24, 2.45) is 0 Å². The molecule has 15 nitrogen and oxygen atoms in total. The van der Waals surface area contributed by atoms with Gasteiger partial charge >= 0.3 is 13.7 Å².